The molecule has 0 radical (unpaired) electrons. The van der Waals surface area contributed by atoms with Gasteiger partial charge in [0.2, 0.25) is 0 Å². The van der Waals surface area contributed by atoms with Crippen LogP contribution in [0.1, 0.15) is 11.1 Å². The molecule has 0 aliphatic carbocycles. The van der Waals surface area contributed by atoms with Crippen LogP contribution in [0.4, 0.5) is 11.4 Å². The topological polar surface area (TPSA) is 65.9 Å². The van der Waals surface area contributed by atoms with Gasteiger partial charge in [0.1, 0.15) is 0 Å². The Balaban J connectivity index is 2.25. The fourth-order valence-electron chi connectivity index (χ4n) is 1.85. The summed E-state index contributed by atoms with van der Waals surface area (Å²) in [4.78, 5) is 5.97. The van der Waals surface area contributed by atoms with E-state index in [-0.39, 0.29) is 0 Å². The molecule has 0 fully saturated rings. The van der Waals surface area contributed by atoms with Crippen molar-refractivity contribution in [3.05, 3.63) is 53.9 Å². The third-order valence-corrected chi connectivity index (χ3v) is 2.78. The number of hydrogen-bond acceptors (Lipinski definition) is 4. The number of benzene rings is 1. The highest BCUT2D eigenvalue weighted by molar-refractivity contribution is 5.65. The zero-order valence-corrected chi connectivity index (χ0v) is 10.2. The molecule has 0 saturated heterocycles. The molecule has 4 heteroatoms. The van der Waals surface area contributed by atoms with E-state index < -0.39 is 0 Å². The van der Waals surface area contributed by atoms with Crippen molar-refractivity contribution in [3.63, 3.8) is 0 Å². The molecule has 1 aromatic heterocycles. The zero-order chi connectivity index (χ0) is 13.0. The van der Waals surface area contributed by atoms with Crippen molar-refractivity contribution in [2.75, 3.05) is 17.7 Å². The average Bonchev–Trinajstić information content (AvgIpc) is 2.39. The second-order valence-corrected chi connectivity index (χ2v) is 4.06. The van der Waals surface area contributed by atoms with E-state index in [0.717, 1.165) is 11.3 Å². The first-order chi connectivity index (χ1) is 8.72. The lowest BCUT2D eigenvalue weighted by Crippen LogP contribution is -2.18. The molecular formula is C14H14N4. The van der Waals surface area contributed by atoms with E-state index in [9.17, 15) is 0 Å². The van der Waals surface area contributed by atoms with Crippen LogP contribution in [-0.4, -0.2) is 12.0 Å². The lowest BCUT2D eigenvalue weighted by atomic mass is 10.1. The minimum absolute atomic E-state index is 0.634. The minimum Gasteiger partial charge on any atom is -0.396 e. The minimum atomic E-state index is 0.634. The van der Waals surface area contributed by atoms with Crippen molar-refractivity contribution in [3.8, 4) is 6.07 Å². The highest BCUT2D eigenvalue weighted by Crippen LogP contribution is 2.22. The Bertz CT molecular complexity index is 586. The lowest BCUT2D eigenvalue weighted by Gasteiger charge is -2.21. The quantitative estimate of drug-likeness (QED) is 0.890. The average molecular weight is 238 g/mol. The Morgan fingerprint density at radius 3 is 2.83 bits per heavy atom. The molecule has 1 heterocycles. The van der Waals surface area contributed by atoms with E-state index >= 15 is 0 Å². The van der Waals surface area contributed by atoms with Crippen LogP contribution in [0, 0.1) is 11.3 Å². The van der Waals surface area contributed by atoms with Gasteiger partial charge in [0, 0.05) is 19.8 Å². The van der Waals surface area contributed by atoms with Gasteiger partial charge in [-0.05, 0) is 17.7 Å². The summed E-state index contributed by atoms with van der Waals surface area (Å²) in [5, 5.41) is 9.05. The number of hydrogen-bond donors (Lipinski definition) is 1. The summed E-state index contributed by atoms with van der Waals surface area (Å²) >= 11 is 0. The molecule has 0 aliphatic rings. The van der Waals surface area contributed by atoms with Crippen LogP contribution in [-0.2, 0) is 6.54 Å². The molecule has 2 N–H and O–H groups in total. The van der Waals surface area contributed by atoms with E-state index in [1.165, 1.54) is 0 Å². The molecule has 18 heavy (non-hydrogen) atoms. The highest BCUT2D eigenvalue weighted by Gasteiger charge is 2.08. The Morgan fingerprint density at radius 1 is 1.33 bits per heavy atom. The maximum Gasteiger partial charge on any atom is 0.0995 e. The molecule has 2 aromatic rings. The Hall–Kier alpha value is -2.54. The molecule has 0 unspecified atom stereocenters. The molecule has 0 amide bonds. The van der Waals surface area contributed by atoms with Crippen molar-refractivity contribution in [1.29, 1.82) is 5.26 Å². The molecule has 0 aliphatic heterocycles. The number of nitriles is 1. The van der Waals surface area contributed by atoms with Gasteiger partial charge in [-0.15, -0.1) is 0 Å². The van der Waals surface area contributed by atoms with Gasteiger partial charge in [-0.2, -0.15) is 5.26 Å². The Labute approximate surface area is 106 Å². The molecule has 0 atom stereocenters. The van der Waals surface area contributed by atoms with Gasteiger partial charge < -0.3 is 10.6 Å². The van der Waals surface area contributed by atoms with E-state index in [2.05, 4.69) is 11.1 Å². The van der Waals surface area contributed by atoms with E-state index in [1.807, 2.05) is 42.3 Å². The van der Waals surface area contributed by atoms with Gasteiger partial charge in [0.05, 0.1) is 29.2 Å². The van der Waals surface area contributed by atoms with Crippen LogP contribution in [0.25, 0.3) is 0 Å². The van der Waals surface area contributed by atoms with Crippen LogP contribution in [0.3, 0.4) is 0 Å². The van der Waals surface area contributed by atoms with Crippen LogP contribution < -0.4 is 10.6 Å². The molecule has 0 bridgehead atoms. The van der Waals surface area contributed by atoms with Crippen molar-refractivity contribution in [2.24, 2.45) is 0 Å². The molecule has 4 nitrogen and oxygen atoms in total. The van der Waals surface area contributed by atoms with Gasteiger partial charge in [0.25, 0.3) is 0 Å². The summed E-state index contributed by atoms with van der Waals surface area (Å²) < 4.78 is 0. The molecule has 0 saturated carbocycles. The summed E-state index contributed by atoms with van der Waals surface area (Å²) in [6.07, 6.45) is 3.33. The monoisotopic (exact) mass is 238 g/mol. The SMILES string of the molecule is CN(Cc1ccccc1C#N)c1ccncc1N. The smallest absolute Gasteiger partial charge is 0.0995 e. The number of nitrogens with zero attached hydrogens (tertiary/aromatic N) is 3. The van der Waals surface area contributed by atoms with E-state index in [0.29, 0.717) is 17.8 Å². The third kappa shape index (κ3) is 2.41. The zero-order valence-electron chi connectivity index (χ0n) is 10.2. The van der Waals surface area contributed by atoms with Gasteiger partial charge in [-0.25, -0.2) is 0 Å². The standard InChI is InChI=1S/C14H14N4/c1-18(14-6-7-17-9-13(14)16)10-12-5-3-2-4-11(12)8-15/h2-7,9H,10,16H2,1H3. The molecular weight excluding hydrogens is 224 g/mol. The summed E-state index contributed by atoms with van der Waals surface area (Å²) in [6, 6.07) is 11.6. The van der Waals surface area contributed by atoms with Gasteiger partial charge >= 0.3 is 0 Å². The molecule has 0 spiro atoms. The molecule has 90 valence electrons. The number of aromatic nitrogens is 1. The number of rotatable bonds is 3. The summed E-state index contributed by atoms with van der Waals surface area (Å²) in [5.41, 5.74) is 9.10. The van der Waals surface area contributed by atoms with Crippen molar-refractivity contribution >= 4 is 11.4 Å². The lowest BCUT2D eigenvalue weighted by molar-refractivity contribution is 0.919. The van der Waals surface area contributed by atoms with Crippen molar-refractivity contribution in [1.82, 2.24) is 4.98 Å². The van der Waals surface area contributed by atoms with Crippen LogP contribution in [0.2, 0.25) is 0 Å². The normalized spacial score (nSPS) is 9.78. The number of anilines is 2. The second kappa shape index (κ2) is 5.19. The predicted octanol–water partition coefficient (Wildman–Crippen LogP) is 2.17. The fraction of sp³-hybridized carbons (Fsp3) is 0.143. The number of pyridine rings is 1. The first kappa shape index (κ1) is 11.9. The van der Waals surface area contributed by atoms with Gasteiger partial charge in [0.15, 0.2) is 0 Å². The van der Waals surface area contributed by atoms with Crippen LogP contribution in [0.5, 0.6) is 0 Å². The number of nitrogens with two attached hydrogens (primary N) is 1. The molecule has 2 rings (SSSR count). The maximum absolute atomic E-state index is 9.05. The Morgan fingerprint density at radius 2 is 2.11 bits per heavy atom. The summed E-state index contributed by atoms with van der Waals surface area (Å²) in [7, 11) is 1.94. The summed E-state index contributed by atoms with van der Waals surface area (Å²) in [5.74, 6) is 0. The fourth-order valence-corrected chi connectivity index (χ4v) is 1.85. The summed E-state index contributed by atoms with van der Waals surface area (Å²) in [6.45, 7) is 0.637. The van der Waals surface area contributed by atoms with Crippen molar-refractivity contribution in [2.45, 2.75) is 6.54 Å². The van der Waals surface area contributed by atoms with E-state index in [1.54, 1.807) is 12.4 Å². The van der Waals surface area contributed by atoms with Crippen molar-refractivity contribution < 1.29 is 0 Å². The predicted molar refractivity (Wildman–Crippen MR) is 71.9 cm³/mol. The van der Waals surface area contributed by atoms with E-state index in [4.69, 9.17) is 11.0 Å². The molecule has 1 aromatic carbocycles. The highest BCUT2D eigenvalue weighted by atomic mass is 15.1. The Kier molecular flexibility index (Phi) is 3.44. The van der Waals surface area contributed by atoms with Gasteiger partial charge in [-0.3, -0.25) is 4.98 Å². The first-order valence-electron chi connectivity index (χ1n) is 5.61. The third-order valence-electron chi connectivity index (χ3n) is 2.78. The second-order valence-electron chi connectivity index (χ2n) is 4.06. The largest absolute Gasteiger partial charge is 0.396 e. The number of nitrogen functional groups attached to an aromatic ring is 1. The van der Waals surface area contributed by atoms with Gasteiger partial charge in [-0.1, -0.05) is 18.2 Å². The first-order valence-corrected chi connectivity index (χ1v) is 5.61. The van der Waals surface area contributed by atoms with Crippen LogP contribution in [0.15, 0.2) is 42.7 Å². The maximum atomic E-state index is 9.05. The van der Waals surface area contributed by atoms with Crippen LogP contribution >= 0.6 is 0 Å².